The number of fused-ring (bicyclic) bond motifs is 1. The zero-order chi connectivity index (χ0) is 17.2. The first-order chi connectivity index (χ1) is 12.2. The zero-order valence-corrected chi connectivity index (χ0v) is 13.6. The van der Waals surface area contributed by atoms with Gasteiger partial charge < -0.3 is 15.4 Å². The Bertz CT molecular complexity index is 938. The van der Waals surface area contributed by atoms with Crippen LogP contribution in [-0.2, 0) is 4.79 Å². The molecule has 2 aromatic carbocycles. The molecular formula is C19H16N4O2. The lowest BCUT2D eigenvalue weighted by Gasteiger charge is -2.18. The second-order valence-electron chi connectivity index (χ2n) is 5.80. The Morgan fingerprint density at radius 1 is 1.12 bits per heavy atom. The molecule has 0 saturated carbocycles. The Labute approximate surface area is 144 Å². The fourth-order valence-corrected chi connectivity index (χ4v) is 2.59. The van der Waals surface area contributed by atoms with Crippen molar-refractivity contribution in [1.82, 2.24) is 9.97 Å². The van der Waals surface area contributed by atoms with Crippen LogP contribution < -0.4 is 15.4 Å². The van der Waals surface area contributed by atoms with Gasteiger partial charge in [0.05, 0.1) is 11.4 Å². The Kier molecular flexibility index (Phi) is 3.78. The number of carbonyl (C=O) groups is 1. The molecule has 3 aromatic rings. The van der Waals surface area contributed by atoms with Crippen molar-refractivity contribution >= 4 is 23.2 Å². The molecule has 6 nitrogen and oxygen atoms in total. The highest BCUT2D eigenvalue weighted by Crippen LogP contribution is 2.32. The average molecular weight is 332 g/mol. The van der Waals surface area contributed by atoms with Gasteiger partial charge in [0.1, 0.15) is 5.75 Å². The molecule has 1 aliphatic rings. The van der Waals surface area contributed by atoms with Gasteiger partial charge in [0.2, 0.25) is 5.95 Å². The van der Waals surface area contributed by atoms with Gasteiger partial charge in [-0.25, -0.2) is 9.97 Å². The molecule has 0 spiro atoms. The van der Waals surface area contributed by atoms with E-state index >= 15 is 0 Å². The predicted molar refractivity (Wildman–Crippen MR) is 96.1 cm³/mol. The predicted octanol–water partition coefficient (Wildman–Crippen LogP) is 3.53. The topological polar surface area (TPSA) is 76.1 Å². The third-order valence-corrected chi connectivity index (χ3v) is 3.87. The van der Waals surface area contributed by atoms with E-state index in [1.165, 1.54) is 5.56 Å². The Morgan fingerprint density at radius 3 is 2.80 bits per heavy atom. The molecule has 124 valence electrons. The fraction of sp³-hybridized carbons (Fsp3) is 0.105. The van der Waals surface area contributed by atoms with E-state index in [2.05, 4.69) is 20.6 Å². The number of carbonyl (C=O) groups excluding carboxylic acids is 1. The molecule has 2 N–H and O–H groups in total. The monoisotopic (exact) mass is 332 g/mol. The van der Waals surface area contributed by atoms with E-state index in [9.17, 15) is 4.79 Å². The number of anilines is 3. The smallest absolute Gasteiger partial charge is 0.262 e. The molecule has 0 unspecified atom stereocenters. The first-order valence-corrected chi connectivity index (χ1v) is 7.91. The summed E-state index contributed by atoms with van der Waals surface area (Å²) in [7, 11) is 0. The molecule has 0 aliphatic carbocycles. The van der Waals surface area contributed by atoms with Gasteiger partial charge in [-0.3, -0.25) is 4.79 Å². The van der Waals surface area contributed by atoms with Crippen LogP contribution in [-0.4, -0.2) is 22.5 Å². The number of nitrogens with zero attached hydrogens (tertiary/aromatic N) is 2. The molecule has 4 rings (SSSR count). The summed E-state index contributed by atoms with van der Waals surface area (Å²) >= 11 is 0. The van der Waals surface area contributed by atoms with Crippen molar-refractivity contribution in [2.24, 2.45) is 0 Å². The van der Waals surface area contributed by atoms with Crippen molar-refractivity contribution in [3.05, 3.63) is 60.3 Å². The van der Waals surface area contributed by atoms with E-state index in [0.717, 1.165) is 16.9 Å². The van der Waals surface area contributed by atoms with E-state index in [1.807, 2.05) is 55.5 Å². The van der Waals surface area contributed by atoms with Crippen LogP contribution in [0.1, 0.15) is 5.56 Å². The van der Waals surface area contributed by atoms with Gasteiger partial charge in [-0.05, 0) is 43.3 Å². The third-order valence-electron chi connectivity index (χ3n) is 3.87. The van der Waals surface area contributed by atoms with Crippen LogP contribution in [0.25, 0.3) is 11.3 Å². The Hall–Kier alpha value is -3.41. The quantitative estimate of drug-likeness (QED) is 0.767. The van der Waals surface area contributed by atoms with Crippen LogP contribution in [0.4, 0.5) is 17.3 Å². The van der Waals surface area contributed by atoms with E-state index in [0.29, 0.717) is 17.4 Å². The van der Waals surface area contributed by atoms with E-state index in [-0.39, 0.29) is 12.5 Å². The normalized spacial score (nSPS) is 12.8. The van der Waals surface area contributed by atoms with Crippen LogP contribution in [0.15, 0.2) is 54.7 Å². The molecule has 1 aliphatic heterocycles. The summed E-state index contributed by atoms with van der Waals surface area (Å²) in [4.78, 5) is 20.3. The van der Waals surface area contributed by atoms with E-state index in [1.54, 1.807) is 6.20 Å². The number of nitrogens with one attached hydrogen (secondary N) is 2. The van der Waals surface area contributed by atoms with Crippen molar-refractivity contribution in [3.8, 4) is 17.0 Å². The summed E-state index contributed by atoms with van der Waals surface area (Å²) in [5.74, 6) is 1.02. The highest BCUT2D eigenvalue weighted by molar-refractivity contribution is 5.96. The number of rotatable bonds is 3. The van der Waals surface area contributed by atoms with E-state index in [4.69, 9.17) is 4.74 Å². The minimum atomic E-state index is -0.158. The summed E-state index contributed by atoms with van der Waals surface area (Å²) in [6.07, 6.45) is 1.70. The maximum Gasteiger partial charge on any atom is 0.262 e. The van der Waals surface area contributed by atoms with Crippen molar-refractivity contribution in [1.29, 1.82) is 0 Å². The maximum atomic E-state index is 11.5. The SMILES string of the molecule is Cc1ccc(Nc2nccc(-c3ccc4c(c3)NC(=O)CO4)n2)cc1. The molecule has 25 heavy (non-hydrogen) atoms. The summed E-state index contributed by atoms with van der Waals surface area (Å²) in [6, 6.07) is 15.4. The van der Waals surface area contributed by atoms with Gasteiger partial charge in [-0.1, -0.05) is 17.7 Å². The average Bonchev–Trinajstić information content (AvgIpc) is 2.63. The van der Waals surface area contributed by atoms with Crippen molar-refractivity contribution in [2.45, 2.75) is 6.92 Å². The van der Waals surface area contributed by atoms with Crippen LogP contribution in [0.3, 0.4) is 0 Å². The molecule has 6 heteroatoms. The summed E-state index contributed by atoms with van der Waals surface area (Å²) in [5, 5.41) is 6.00. The van der Waals surface area contributed by atoms with Crippen LogP contribution >= 0.6 is 0 Å². The molecule has 0 saturated heterocycles. The Morgan fingerprint density at radius 2 is 1.96 bits per heavy atom. The first-order valence-electron chi connectivity index (χ1n) is 7.91. The molecule has 0 atom stereocenters. The largest absolute Gasteiger partial charge is 0.482 e. The zero-order valence-electron chi connectivity index (χ0n) is 13.6. The highest BCUT2D eigenvalue weighted by Gasteiger charge is 2.16. The van der Waals surface area contributed by atoms with Crippen molar-refractivity contribution in [3.63, 3.8) is 0 Å². The van der Waals surface area contributed by atoms with Gasteiger partial charge >= 0.3 is 0 Å². The second kappa shape index (κ2) is 6.24. The minimum Gasteiger partial charge on any atom is -0.482 e. The Balaban J connectivity index is 1.62. The fourth-order valence-electron chi connectivity index (χ4n) is 2.59. The minimum absolute atomic E-state index is 0.0461. The van der Waals surface area contributed by atoms with Crippen molar-refractivity contribution in [2.75, 3.05) is 17.2 Å². The molecular weight excluding hydrogens is 316 g/mol. The number of aromatic nitrogens is 2. The number of hydrogen-bond acceptors (Lipinski definition) is 5. The lowest BCUT2D eigenvalue weighted by Crippen LogP contribution is -2.25. The molecule has 0 bridgehead atoms. The molecule has 0 fully saturated rings. The standard InChI is InChI=1S/C19H16N4O2/c1-12-2-5-14(6-3-12)21-19-20-9-8-15(23-19)13-4-7-17-16(10-13)22-18(24)11-25-17/h2-10H,11H2,1H3,(H,22,24)(H,20,21,23). The lowest BCUT2D eigenvalue weighted by atomic mass is 10.1. The number of benzene rings is 2. The molecule has 1 aromatic heterocycles. The number of aryl methyl sites for hydroxylation is 1. The van der Waals surface area contributed by atoms with Gasteiger partial charge in [-0.2, -0.15) is 0 Å². The number of ether oxygens (including phenoxy) is 1. The van der Waals surface area contributed by atoms with Gasteiger partial charge in [0, 0.05) is 17.4 Å². The lowest BCUT2D eigenvalue weighted by molar-refractivity contribution is -0.118. The second-order valence-corrected chi connectivity index (χ2v) is 5.80. The van der Waals surface area contributed by atoms with Gasteiger partial charge in [-0.15, -0.1) is 0 Å². The third kappa shape index (κ3) is 3.28. The molecule has 1 amide bonds. The summed E-state index contributed by atoms with van der Waals surface area (Å²) in [5.41, 5.74) is 4.40. The molecule has 0 radical (unpaired) electrons. The number of amides is 1. The van der Waals surface area contributed by atoms with Crippen LogP contribution in [0, 0.1) is 6.92 Å². The highest BCUT2D eigenvalue weighted by atomic mass is 16.5. The molecule has 2 heterocycles. The van der Waals surface area contributed by atoms with Crippen molar-refractivity contribution < 1.29 is 9.53 Å². The summed E-state index contributed by atoms with van der Waals surface area (Å²) in [6.45, 7) is 2.09. The number of hydrogen-bond donors (Lipinski definition) is 2. The van der Waals surface area contributed by atoms with E-state index < -0.39 is 0 Å². The van der Waals surface area contributed by atoms with Gasteiger partial charge in [0.25, 0.3) is 5.91 Å². The van der Waals surface area contributed by atoms with Crippen LogP contribution in [0.2, 0.25) is 0 Å². The van der Waals surface area contributed by atoms with Gasteiger partial charge in [0.15, 0.2) is 6.61 Å². The maximum absolute atomic E-state index is 11.5. The summed E-state index contributed by atoms with van der Waals surface area (Å²) < 4.78 is 5.38. The van der Waals surface area contributed by atoms with Crippen LogP contribution in [0.5, 0.6) is 5.75 Å². The first kappa shape index (κ1) is 15.1.